The van der Waals surface area contributed by atoms with Crippen molar-refractivity contribution in [3.8, 4) is 5.75 Å². The number of rotatable bonds is 9. The standard InChI is InChI=1S/C34H36N4O4/c1-20(2)18-28(32(39)35-17-16-21-12-14-22(42-3)15-13-21)37-33(40)29-19-26-23-8-6-7-11-27(23)36-30(26)31-24-9-4-5-10-25(24)34(41)38(29)31/h4-15,20,28-29,31,36H,16-19H2,1-3H3,(H,35,39)(H,37,40)/t28-,29-,31+/m0/s1. The van der Waals surface area contributed by atoms with Gasteiger partial charge in [0.25, 0.3) is 5.91 Å². The van der Waals surface area contributed by atoms with Crippen LogP contribution in [0.15, 0.2) is 72.8 Å². The van der Waals surface area contributed by atoms with E-state index in [9.17, 15) is 14.4 Å². The second kappa shape index (κ2) is 11.4. The summed E-state index contributed by atoms with van der Waals surface area (Å²) >= 11 is 0. The van der Waals surface area contributed by atoms with Gasteiger partial charge in [0.2, 0.25) is 11.8 Å². The SMILES string of the molecule is COc1ccc(CCNC(=O)[C@H](CC(C)C)NC(=O)[C@@H]2Cc3c([nH]c4ccccc34)[C@H]3c4ccccc4C(=O)N32)cc1. The first kappa shape index (κ1) is 27.6. The van der Waals surface area contributed by atoms with E-state index in [1.165, 1.54) is 0 Å². The van der Waals surface area contributed by atoms with Crippen molar-refractivity contribution in [2.24, 2.45) is 5.92 Å². The molecule has 3 heterocycles. The van der Waals surface area contributed by atoms with Crippen molar-refractivity contribution < 1.29 is 19.1 Å². The van der Waals surface area contributed by atoms with Crippen LogP contribution in [0.25, 0.3) is 10.9 Å². The van der Waals surface area contributed by atoms with E-state index in [0.717, 1.165) is 39.0 Å². The van der Waals surface area contributed by atoms with Crippen molar-refractivity contribution in [3.63, 3.8) is 0 Å². The monoisotopic (exact) mass is 564 g/mol. The third kappa shape index (κ3) is 5.02. The Kier molecular flexibility index (Phi) is 7.45. The number of aromatic nitrogens is 1. The summed E-state index contributed by atoms with van der Waals surface area (Å²) in [5.41, 5.74) is 5.56. The number of ether oxygens (including phenoxy) is 1. The normalized spacial score (nSPS) is 17.9. The van der Waals surface area contributed by atoms with Gasteiger partial charge in [-0.1, -0.05) is 62.4 Å². The van der Waals surface area contributed by atoms with Crippen LogP contribution in [0.5, 0.6) is 5.75 Å². The van der Waals surface area contributed by atoms with Crippen LogP contribution in [0, 0.1) is 5.92 Å². The zero-order chi connectivity index (χ0) is 29.4. The first-order valence-corrected chi connectivity index (χ1v) is 14.6. The highest BCUT2D eigenvalue weighted by Gasteiger charge is 2.49. The van der Waals surface area contributed by atoms with Gasteiger partial charge in [0.1, 0.15) is 17.8 Å². The smallest absolute Gasteiger partial charge is 0.255 e. The molecule has 1 aromatic heterocycles. The van der Waals surface area contributed by atoms with Gasteiger partial charge in [-0.3, -0.25) is 14.4 Å². The minimum absolute atomic E-state index is 0.163. The minimum atomic E-state index is -0.747. The number of fused-ring (bicyclic) bond motifs is 7. The highest BCUT2D eigenvalue weighted by Crippen LogP contribution is 2.46. The Morgan fingerprint density at radius 2 is 1.76 bits per heavy atom. The molecule has 0 saturated carbocycles. The highest BCUT2D eigenvalue weighted by atomic mass is 16.5. The summed E-state index contributed by atoms with van der Waals surface area (Å²) in [6, 6.07) is 21.5. The topological polar surface area (TPSA) is 104 Å². The molecule has 2 aliphatic heterocycles. The molecule has 3 N–H and O–H groups in total. The van der Waals surface area contributed by atoms with Crippen LogP contribution in [0.4, 0.5) is 0 Å². The Morgan fingerprint density at radius 3 is 2.52 bits per heavy atom. The van der Waals surface area contributed by atoms with Crippen molar-refractivity contribution in [1.29, 1.82) is 0 Å². The fourth-order valence-corrected chi connectivity index (χ4v) is 6.35. The molecule has 0 spiro atoms. The van der Waals surface area contributed by atoms with Crippen molar-refractivity contribution in [2.75, 3.05) is 13.7 Å². The summed E-state index contributed by atoms with van der Waals surface area (Å²) in [6.45, 7) is 4.50. The lowest BCUT2D eigenvalue weighted by Gasteiger charge is -2.37. The van der Waals surface area contributed by atoms with Crippen LogP contribution in [-0.4, -0.2) is 53.3 Å². The number of carbonyl (C=O) groups is 3. The van der Waals surface area contributed by atoms with E-state index >= 15 is 0 Å². The quantitative estimate of drug-likeness (QED) is 0.278. The molecule has 0 bridgehead atoms. The molecule has 4 aromatic rings. The van der Waals surface area contributed by atoms with Gasteiger partial charge in [-0.2, -0.15) is 0 Å². The van der Waals surface area contributed by atoms with Crippen LogP contribution in [0.3, 0.4) is 0 Å². The van der Waals surface area contributed by atoms with Crippen LogP contribution in [-0.2, 0) is 22.4 Å². The number of H-pyrrole nitrogens is 1. The number of hydrogen-bond acceptors (Lipinski definition) is 4. The minimum Gasteiger partial charge on any atom is -0.497 e. The number of para-hydroxylation sites is 1. The number of aromatic amines is 1. The Bertz CT molecular complexity index is 1640. The molecule has 8 nitrogen and oxygen atoms in total. The van der Waals surface area contributed by atoms with Gasteiger partial charge in [0.05, 0.1) is 13.2 Å². The van der Waals surface area contributed by atoms with Crippen molar-refractivity contribution in [3.05, 3.63) is 101 Å². The summed E-state index contributed by atoms with van der Waals surface area (Å²) in [5, 5.41) is 7.10. The number of amides is 3. The molecule has 0 saturated heterocycles. The molecule has 3 amide bonds. The van der Waals surface area contributed by atoms with Gasteiger partial charge in [-0.05, 0) is 59.7 Å². The molecular weight excluding hydrogens is 528 g/mol. The maximum Gasteiger partial charge on any atom is 0.255 e. The number of benzene rings is 3. The lowest BCUT2D eigenvalue weighted by atomic mass is 9.89. The zero-order valence-electron chi connectivity index (χ0n) is 24.1. The maximum absolute atomic E-state index is 14.1. The van der Waals surface area contributed by atoms with Gasteiger partial charge in [-0.15, -0.1) is 0 Å². The second-order valence-electron chi connectivity index (χ2n) is 11.6. The van der Waals surface area contributed by atoms with Gasteiger partial charge in [0, 0.05) is 35.1 Å². The van der Waals surface area contributed by atoms with Gasteiger partial charge in [0.15, 0.2) is 0 Å². The Morgan fingerprint density at radius 1 is 1.02 bits per heavy atom. The summed E-state index contributed by atoms with van der Waals surface area (Å²) in [4.78, 5) is 46.4. The third-order valence-electron chi connectivity index (χ3n) is 8.37. The average Bonchev–Trinajstić information content (AvgIpc) is 3.52. The molecule has 216 valence electrons. The van der Waals surface area contributed by atoms with Gasteiger partial charge < -0.3 is 25.3 Å². The first-order chi connectivity index (χ1) is 20.4. The first-order valence-electron chi connectivity index (χ1n) is 14.6. The molecule has 0 unspecified atom stereocenters. The maximum atomic E-state index is 14.1. The molecule has 2 aliphatic rings. The van der Waals surface area contributed by atoms with E-state index in [1.54, 1.807) is 12.0 Å². The predicted molar refractivity (Wildman–Crippen MR) is 161 cm³/mol. The van der Waals surface area contributed by atoms with Crippen molar-refractivity contribution >= 4 is 28.6 Å². The average molecular weight is 565 g/mol. The number of methoxy groups -OCH3 is 1. The van der Waals surface area contributed by atoms with Crippen molar-refractivity contribution in [2.45, 2.75) is 51.2 Å². The molecule has 42 heavy (non-hydrogen) atoms. The zero-order valence-corrected chi connectivity index (χ0v) is 24.1. The van der Waals surface area contributed by atoms with Crippen LogP contribution in [0.2, 0.25) is 0 Å². The number of nitrogens with one attached hydrogen (secondary N) is 3. The highest BCUT2D eigenvalue weighted by molar-refractivity contribution is 6.04. The van der Waals surface area contributed by atoms with Crippen molar-refractivity contribution in [1.82, 2.24) is 20.5 Å². The molecule has 3 aromatic carbocycles. The van der Waals surface area contributed by atoms with E-state index in [1.807, 2.05) is 80.6 Å². The van der Waals surface area contributed by atoms with E-state index in [0.29, 0.717) is 31.4 Å². The fraction of sp³-hybridized carbons (Fsp3) is 0.324. The summed E-state index contributed by atoms with van der Waals surface area (Å²) < 4.78 is 5.22. The van der Waals surface area contributed by atoms with Crippen LogP contribution >= 0.6 is 0 Å². The molecule has 0 radical (unpaired) electrons. The molecule has 8 heteroatoms. The molecule has 0 aliphatic carbocycles. The van der Waals surface area contributed by atoms with Crippen LogP contribution < -0.4 is 15.4 Å². The summed E-state index contributed by atoms with van der Waals surface area (Å²) in [5.74, 6) is 0.269. The van der Waals surface area contributed by atoms with Crippen LogP contribution in [0.1, 0.15) is 59.1 Å². The molecule has 6 rings (SSSR count). The fourth-order valence-electron chi connectivity index (χ4n) is 6.35. The lowest BCUT2D eigenvalue weighted by molar-refractivity contribution is -0.132. The second-order valence-corrected chi connectivity index (χ2v) is 11.6. The number of hydrogen-bond donors (Lipinski definition) is 3. The Hall–Kier alpha value is -4.59. The molecule has 0 fully saturated rings. The summed E-state index contributed by atoms with van der Waals surface area (Å²) in [6.07, 6.45) is 1.52. The predicted octanol–water partition coefficient (Wildman–Crippen LogP) is 4.54. The lowest BCUT2D eigenvalue weighted by Crippen LogP contribution is -2.56. The van der Waals surface area contributed by atoms with E-state index in [4.69, 9.17) is 4.74 Å². The van der Waals surface area contributed by atoms with Gasteiger partial charge >= 0.3 is 0 Å². The third-order valence-corrected chi connectivity index (χ3v) is 8.37. The largest absolute Gasteiger partial charge is 0.497 e. The van der Waals surface area contributed by atoms with E-state index in [-0.39, 0.29) is 29.7 Å². The molecular formula is C34H36N4O4. The summed E-state index contributed by atoms with van der Waals surface area (Å²) in [7, 11) is 1.63. The molecule has 3 atom stereocenters. The number of carbonyl (C=O) groups excluding carboxylic acids is 3. The number of nitrogens with zero attached hydrogens (tertiary/aromatic N) is 1. The Labute approximate surface area is 245 Å². The van der Waals surface area contributed by atoms with E-state index in [2.05, 4.69) is 21.7 Å². The Balaban J connectivity index is 1.24. The van der Waals surface area contributed by atoms with E-state index < -0.39 is 12.1 Å². The van der Waals surface area contributed by atoms with Gasteiger partial charge in [-0.25, -0.2) is 0 Å².